The van der Waals surface area contributed by atoms with Gasteiger partial charge in [0.1, 0.15) is 24.9 Å². The van der Waals surface area contributed by atoms with Gasteiger partial charge in [-0.3, -0.25) is 0 Å². The molecule has 13 heavy (non-hydrogen) atoms. The van der Waals surface area contributed by atoms with Gasteiger partial charge in [-0.1, -0.05) is 0 Å². The molecule has 0 aromatic heterocycles. The molecular weight excluding hydrogens is 180 g/mol. The minimum Gasteiger partial charge on any atom is -0.394 e. The molecule has 1 heterocycles. The average Bonchev–Trinajstić information content (AvgIpc) is 2.42. The SMILES string of the molecule is CO[C@@]1(CO)O[C@@H](CO)[C@H](O)[C@H]1O. The van der Waals surface area contributed by atoms with E-state index in [1.165, 1.54) is 7.11 Å². The highest BCUT2D eigenvalue weighted by Gasteiger charge is 2.54. The first-order chi connectivity index (χ1) is 6.11. The van der Waals surface area contributed by atoms with Crippen LogP contribution in [0.1, 0.15) is 0 Å². The van der Waals surface area contributed by atoms with Crippen molar-refractivity contribution in [2.45, 2.75) is 24.1 Å². The summed E-state index contributed by atoms with van der Waals surface area (Å²) in [6.45, 7) is -1.03. The van der Waals surface area contributed by atoms with Gasteiger partial charge in [-0.25, -0.2) is 0 Å². The Labute approximate surface area is 75.3 Å². The third-order valence-electron chi connectivity index (χ3n) is 2.25. The fourth-order valence-electron chi connectivity index (χ4n) is 1.37. The van der Waals surface area contributed by atoms with E-state index in [1.807, 2.05) is 0 Å². The Morgan fingerprint density at radius 3 is 2.23 bits per heavy atom. The van der Waals surface area contributed by atoms with E-state index in [9.17, 15) is 10.2 Å². The van der Waals surface area contributed by atoms with Crippen LogP contribution < -0.4 is 0 Å². The second-order valence-corrected chi connectivity index (χ2v) is 2.95. The van der Waals surface area contributed by atoms with Gasteiger partial charge in [0.25, 0.3) is 0 Å². The monoisotopic (exact) mass is 194 g/mol. The van der Waals surface area contributed by atoms with Crippen molar-refractivity contribution in [3.05, 3.63) is 0 Å². The highest BCUT2D eigenvalue weighted by molar-refractivity contribution is 4.95. The lowest BCUT2D eigenvalue weighted by Crippen LogP contribution is -2.47. The third-order valence-corrected chi connectivity index (χ3v) is 2.25. The number of hydrogen-bond acceptors (Lipinski definition) is 6. The second kappa shape index (κ2) is 3.87. The predicted octanol–water partition coefficient (Wildman–Crippen LogP) is -2.57. The zero-order valence-electron chi connectivity index (χ0n) is 7.25. The Kier molecular flexibility index (Phi) is 3.23. The summed E-state index contributed by atoms with van der Waals surface area (Å²) in [6.07, 6.45) is -3.54. The van der Waals surface area contributed by atoms with Crippen LogP contribution in [0.15, 0.2) is 0 Å². The van der Waals surface area contributed by atoms with Crippen LogP contribution in [-0.2, 0) is 9.47 Å². The molecule has 0 radical (unpaired) electrons. The number of ether oxygens (including phenoxy) is 2. The van der Waals surface area contributed by atoms with E-state index in [2.05, 4.69) is 0 Å². The van der Waals surface area contributed by atoms with Gasteiger partial charge in [0.05, 0.1) is 6.61 Å². The van der Waals surface area contributed by atoms with E-state index in [4.69, 9.17) is 19.7 Å². The first kappa shape index (κ1) is 10.8. The van der Waals surface area contributed by atoms with Crippen molar-refractivity contribution in [2.75, 3.05) is 20.3 Å². The van der Waals surface area contributed by atoms with Crippen molar-refractivity contribution in [1.82, 2.24) is 0 Å². The largest absolute Gasteiger partial charge is 0.394 e. The Morgan fingerprint density at radius 2 is 2.00 bits per heavy atom. The molecule has 1 aliphatic heterocycles. The summed E-state index contributed by atoms with van der Waals surface area (Å²) in [6, 6.07) is 0. The molecule has 0 aromatic rings. The van der Waals surface area contributed by atoms with E-state index in [0.717, 1.165) is 0 Å². The number of methoxy groups -OCH3 is 1. The van der Waals surface area contributed by atoms with Gasteiger partial charge in [0, 0.05) is 7.11 Å². The number of aliphatic hydroxyl groups excluding tert-OH is 4. The summed E-state index contributed by atoms with van der Waals surface area (Å²) in [5.41, 5.74) is 0. The molecule has 0 unspecified atom stereocenters. The normalized spacial score (nSPS) is 45.5. The third kappa shape index (κ3) is 1.56. The van der Waals surface area contributed by atoms with Crippen molar-refractivity contribution in [2.24, 2.45) is 0 Å². The average molecular weight is 194 g/mol. The molecule has 1 fully saturated rings. The maximum Gasteiger partial charge on any atom is 0.221 e. The number of rotatable bonds is 3. The van der Waals surface area contributed by atoms with Crippen LogP contribution in [-0.4, -0.2) is 64.8 Å². The first-order valence-corrected chi connectivity index (χ1v) is 3.92. The van der Waals surface area contributed by atoms with Gasteiger partial charge in [-0.15, -0.1) is 0 Å². The minimum absolute atomic E-state index is 0.441. The Morgan fingerprint density at radius 1 is 1.38 bits per heavy atom. The predicted molar refractivity (Wildman–Crippen MR) is 40.8 cm³/mol. The molecule has 0 amide bonds. The highest BCUT2D eigenvalue weighted by atomic mass is 16.7. The summed E-state index contributed by atoms with van der Waals surface area (Å²) in [5.74, 6) is -1.62. The Bertz CT molecular complexity index is 168. The zero-order chi connectivity index (χ0) is 10.1. The lowest BCUT2D eigenvalue weighted by molar-refractivity contribution is -0.263. The fourth-order valence-corrected chi connectivity index (χ4v) is 1.37. The molecule has 0 aliphatic carbocycles. The molecule has 0 saturated carbocycles. The van der Waals surface area contributed by atoms with E-state index in [-0.39, 0.29) is 0 Å². The fraction of sp³-hybridized carbons (Fsp3) is 1.00. The molecule has 1 rings (SSSR count). The van der Waals surface area contributed by atoms with Crippen LogP contribution in [0.4, 0.5) is 0 Å². The van der Waals surface area contributed by atoms with Gasteiger partial charge >= 0.3 is 0 Å². The smallest absolute Gasteiger partial charge is 0.221 e. The second-order valence-electron chi connectivity index (χ2n) is 2.95. The van der Waals surface area contributed by atoms with Crippen LogP contribution >= 0.6 is 0 Å². The zero-order valence-corrected chi connectivity index (χ0v) is 7.25. The molecule has 0 spiro atoms. The Balaban J connectivity index is 2.79. The summed E-state index contributed by atoms with van der Waals surface area (Å²) in [7, 11) is 1.24. The van der Waals surface area contributed by atoms with Crippen molar-refractivity contribution in [3.63, 3.8) is 0 Å². The molecule has 1 saturated heterocycles. The van der Waals surface area contributed by atoms with Crippen LogP contribution in [0.5, 0.6) is 0 Å². The van der Waals surface area contributed by atoms with E-state index >= 15 is 0 Å². The molecule has 4 N–H and O–H groups in total. The quantitative estimate of drug-likeness (QED) is 0.394. The van der Waals surface area contributed by atoms with Gasteiger partial charge in [0.15, 0.2) is 0 Å². The first-order valence-electron chi connectivity index (χ1n) is 3.92. The van der Waals surface area contributed by atoms with Crippen molar-refractivity contribution in [1.29, 1.82) is 0 Å². The molecular formula is C7H14O6. The summed E-state index contributed by atoms with van der Waals surface area (Å²) >= 11 is 0. The maximum absolute atomic E-state index is 9.44. The van der Waals surface area contributed by atoms with Gasteiger partial charge in [0.2, 0.25) is 5.79 Å². The minimum atomic E-state index is -1.62. The van der Waals surface area contributed by atoms with Gasteiger partial charge in [-0.2, -0.15) is 0 Å². The van der Waals surface area contributed by atoms with Crippen molar-refractivity contribution >= 4 is 0 Å². The lowest BCUT2D eigenvalue weighted by atomic mass is 10.1. The topological polar surface area (TPSA) is 99.4 Å². The van der Waals surface area contributed by atoms with Crippen molar-refractivity contribution in [3.8, 4) is 0 Å². The van der Waals surface area contributed by atoms with E-state index in [0.29, 0.717) is 0 Å². The van der Waals surface area contributed by atoms with Crippen LogP contribution in [0.2, 0.25) is 0 Å². The summed E-state index contributed by atoms with van der Waals surface area (Å²) < 4.78 is 9.77. The Hall–Kier alpha value is -0.240. The molecule has 0 aromatic carbocycles. The van der Waals surface area contributed by atoms with E-state index in [1.54, 1.807) is 0 Å². The standard InChI is InChI=1S/C7H14O6/c1-12-7(3-9)6(11)5(10)4(2-8)13-7/h4-6,8-11H,2-3H2,1H3/t4-,5-,6+,7-/m0/s1. The molecule has 1 aliphatic rings. The van der Waals surface area contributed by atoms with E-state index < -0.39 is 37.3 Å². The van der Waals surface area contributed by atoms with Crippen LogP contribution in [0.25, 0.3) is 0 Å². The molecule has 4 atom stereocenters. The molecule has 78 valence electrons. The number of aliphatic hydroxyl groups is 4. The van der Waals surface area contributed by atoms with Crippen LogP contribution in [0.3, 0.4) is 0 Å². The highest BCUT2D eigenvalue weighted by Crippen LogP contribution is 2.31. The van der Waals surface area contributed by atoms with Crippen LogP contribution in [0, 0.1) is 0 Å². The molecule has 6 nitrogen and oxygen atoms in total. The van der Waals surface area contributed by atoms with Gasteiger partial charge in [-0.05, 0) is 0 Å². The summed E-state index contributed by atoms with van der Waals surface area (Å²) in [4.78, 5) is 0. The molecule has 0 bridgehead atoms. The summed E-state index contributed by atoms with van der Waals surface area (Å²) in [5, 5.41) is 36.4. The van der Waals surface area contributed by atoms with Gasteiger partial charge < -0.3 is 29.9 Å². The maximum atomic E-state index is 9.44. The lowest BCUT2D eigenvalue weighted by Gasteiger charge is -2.27. The van der Waals surface area contributed by atoms with Crippen molar-refractivity contribution < 1.29 is 29.9 Å². The number of hydrogen-bond donors (Lipinski definition) is 4. The molecule has 6 heteroatoms.